The summed E-state index contributed by atoms with van der Waals surface area (Å²) in [5, 5.41) is 0.119. The average Bonchev–Trinajstić information content (AvgIpc) is 3.00. The molecule has 2 aliphatic rings. The van der Waals surface area contributed by atoms with Gasteiger partial charge < -0.3 is 9.64 Å². The second-order valence-electron chi connectivity index (χ2n) is 12.0. The Morgan fingerprint density at radius 1 is 1.07 bits per heavy atom. The maximum atomic E-state index is 15.6. The van der Waals surface area contributed by atoms with Crippen LogP contribution in [0.15, 0.2) is 66.0 Å². The Labute approximate surface area is 259 Å². The number of hydrogen-bond acceptors (Lipinski definition) is 5. The van der Waals surface area contributed by atoms with E-state index in [0.29, 0.717) is 35.8 Å². The van der Waals surface area contributed by atoms with E-state index in [1.54, 1.807) is 19.2 Å². The number of carbonyl (C=O) groups is 1. The van der Waals surface area contributed by atoms with Crippen molar-refractivity contribution in [2.45, 2.75) is 82.3 Å². The first kappa shape index (κ1) is 32.0. The zero-order valence-corrected chi connectivity index (χ0v) is 25.9. The number of aromatic nitrogens is 2. The summed E-state index contributed by atoms with van der Waals surface area (Å²) < 4.78 is 62.7. The van der Waals surface area contributed by atoms with Crippen molar-refractivity contribution in [3.63, 3.8) is 0 Å². The number of rotatable bonds is 11. The smallest absolute Gasteiger partial charge is 0.264 e. The van der Waals surface area contributed by atoms with Crippen LogP contribution in [0.4, 0.5) is 13.2 Å². The molecule has 2 heterocycles. The minimum Gasteiger partial charge on any atom is -0.369 e. The summed E-state index contributed by atoms with van der Waals surface area (Å²) in [7, 11) is -1.63. The zero-order chi connectivity index (χ0) is 31.3. The van der Waals surface area contributed by atoms with Gasteiger partial charge in [-0.15, -0.1) is 0 Å². The van der Waals surface area contributed by atoms with E-state index in [9.17, 15) is 17.8 Å². The van der Waals surface area contributed by atoms with E-state index < -0.39 is 40.1 Å². The third kappa shape index (κ3) is 8.01. The number of carbonyl (C=O) groups excluding carboxylic acids is 1. The first-order chi connectivity index (χ1) is 21.1. The lowest BCUT2D eigenvalue weighted by molar-refractivity contribution is -0.141. The summed E-state index contributed by atoms with van der Waals surface area (Å²) in [6.45, 7) is 3.47. The van der Waals surface area contributed by atoms with E-state index >= 15 is 4.39 Å². The van der Waals surface area contributed by atoms with Crippen LogP contribution in [0, 0.1) is 24.5 Å². The number of hydrogen-bond donors (Lipinski definition) is 0. The maximum absolute atomic E-state index is 15.6. The second-order valence-corrected chi connectivity index (χ2v) is 13.4. The third-order valence-corrected chi connectivity index (χ3v) is 9.48. The monoisotopic (exact) mass is 625 g/mol. The van der Waals surface area contributed by atoms with Crippen LogP contribution >= 0.6 is 0 Å². The van der Waals surface area contributed by atoms with Crippen LogP contribution in [0.5, 0.6) is 0 Å². The molecular formula is C34H38F3N3O3S. The maximum Gasteiger partial charge on any atom is 0.264 e. The molecule has 3 atom stereocenters. The van der Waals surface area contributed by atoms with Gasteiger partial charge in [-0.3, -0.25) is 9.00 Å². The van der Waals surface area contributed by atoms with Crippen LogP contribution in [0.3, 0.4) is 0 Å². The van der Waals surface area contributed by atoms with Crippen molar-refractivity contribution in [1.82, 2.24) is 14.9 Å². The fraction of sp³-hybridized carbons (Fsp3) is 0.441. The Kier molecular flexibility index (Phi) is 10.3. The molecular weight excluding hydrogens is 587 g/mol. The minimum absolute atomic E-state index is 0.0877. The normalized spacial score (nSPS) is 20.8. The van der Waals surface area contributed by atoms with E-state index in [0.717, 1.165) is 37.3 Å². The fourth-order valence-electron chi connectivity index (χ4n) is 5.92. The van der Waals surface area contributed by atoms with Crippen molar-refractivity contribution in [2.75, 3.05) is 12.3 Å². The fourth-order valence-corrected chi connectivity index (χ4v) is 6.98. The lowest BCUT2D eigenvalue weighted by atomic mass is 9.87. The van der Waals surface area contributed by atoms with E-state index in [-0.39, 0.29) is 29.5 Å². The predicted octanol–water partition coefficient (Wildman–Crippen LogP) is 7.40. The van der Waals surface area contributed by atoms with Gasteiger partial charge in [0.2, 0.25) is 5.16 Å². The molecule has 0 spiro atoms. The van der Waals surface area contributed by atoms with Crippen molar-refractivity contribution >= 4 is 22.3 Å². The van der Waals surface area contributed by atoms with E-state index in [2.05, 4.69) is 9.97 Å². The molecule has 5 rings (SSSR count). The lowest BCUT2D eigenvalue weighted by Gasteiger charge is -2.35. The highest BCUT2D eigenvalue weighted by molar-refractivity contribution is 7.84. The SMILES string of the molecule is Cc1cc(C2=CN(CC3CCCCC3)C(=O)C(C)(F)C2)nc(S(=O)CCC(OCc2ccc(F)cc2F)c2ccccc2)n1. The van der Waals surface area contributed by atoms with E-state index in [4.69, 9.17) is 4.74 Å². The highest BCUT2D eigenvalue weighted by Crippen LogP contribution is 2.36. The van der Waals surface area contributed by atoms with Crippen molar-refractivity contribution in [3.8, 4) is 0 Å². The molecule has 234 valence electrons. The second kappa shape index (κ2) is 14.2. The molecule has 0 N–H and O–H groups in total. The number of benzene rings is 2. The highest BCUT2D eigenvalue weighted by atomic mass is 32.2. The van der Waals surface area contributed by atoms with Crippen LogP contribution in [-0.2, 0) is 26.9 Å². The van der Waals surface area contributed by atoms with Crippen molar-refractivity contribution in [3.05, 3.63) is 94.9 Å². The van der Waals surface area contributed by atoms with Crippen LogP contribution in [-0.4, -0.2) is 43.0 Å². The van der Waals surface area contributed by atoms with Crippen LogP contribution in [0.25, 0.3) is 5.57 Å². The summed E-state index contributed by atoms with van der Waals surface area (Å²) in [6, 6.07) is 14.4. The highest BCUT2D eigenvalue weighted by Gasteiger charge is 2.42. The first-order valence-corrected chi connectivity index (χ1v) is 16.5. The largest absolute Gasteiger partial charge is 0.369 e. The molecule has 1 aromatic heterocycles. The van der Waals surface area contributed by atoms with Crippen LogP contribution in [0.2, 0.25) is 0 Å². The Morgan fingerprint density at radius 3 is 2.55 bits per heavy atom. The van der Waals surface area contributed by atoms with Gasteiger partial charge in [-0.1, -0.05) is 55.7 Å². The van der Waals surface area contributed by atoms with Crippen molar-refractivity contribution in [2.24, 2.45) is 5.92 Å². The number of aryl methyl sites for hydroxylation is 1. The summed E-state index contributed by atoms with van der Waals surface area (Å²) in [4.78, 5) is 23.5. The van der Waals surface area contributed by atoms with Crippen LogP contribution in [0.1, 0.15) is 80.5 Å². The van der Waals surface area contributed by atoms with E-state index in [1.165, 1.54) is 30.4 Å². The van der Waals surface area contributed by atoms with Crippen LogP contribution < -0.4 is 0 Å². The van der Waals surface area contributed by atoms with Crippen molar-refractivity contribution < 1.29 is 26.9 Å². The number of nitrogens with zero attached hydrogens (tertiary/aromatic N) is 3. The molecule has 2 aromatic carbocycles. The van der Waals surface area contributed by atoms with Gasteiger partial charge in [-0.25, -0.2) is 23.1 Å². The number of halogens is 3. The summed E-state index contributed by atoms with van der Waals surface area (Å²) >= 11 is 0. The molecule has 3 aromatic rings. The number of ether oxygens (including phenoxy) is 1. The van der Waals surface area contributed by atoms with Gasteiger partial charge in [0.25, 0.3) is 5.91 Å². The molecule has 0 saturated heterocycles. The van der Waals surface area contributed by atoms with Gasteiger partial charge in [-0.2, -0.15) is 0 Å². The average molecular weight is 626 g/mol. The third-order valence-electron chi connectivity index (χ3n) is 8.28. The van der Waals surface area contributed by atoms with Gasteiger partial charge >= 0.3 is 0 Å². The zero-order valence-electron chi connectivity index (χ0n) is 25.1. The Morgan fingerprint density at radius 2 is 1.82 bits per heavy atom. The number of allylic oxidation sites excluding steroid dienone is 1. The molecule has 44 heavy (non-hydrogen) atoms. The molecule has 0 bridgehead atoms. The van der Waals surface area contributed by atoms with Gasteiger partial charge in [0.05, 0.1) is 29.2 Å². The Balaban J connectivity index is 1.32. The number of alkyl halides is 1. The lowest BCUT2D eigenvalue weighted by Crippen LogP contribution is -2.47. The molecule has 10 heteroatoms. The molecule has 0 radical (unpaired) electrons. The Hall–Kier alpha value is -3.37. The standard InChI is InChI=1S/C34H38F3N3O3S/c1-23-17-30(27-19-34(2,37)32(41)40(21-27)20-24-9-5-3-6-10-24)39-33(38-23)44(42)16-15-31(25-11-7-4-8-12-25)43-22-26-13-14-28(35)18-29(26)36/h4,7-8,11-14,17-18,21,24,31H,3,5-6,9-10,15-16,19-20,22H2,1-2H3. The molecule has 6 nitrogen and oxygen atoms in total. The van der Waals surface area contributed by atoms with Gasteiger partial charge in [0.1, 0.15) is 11.6 Å². The quantitative estimate of drug-likeness (QED) is 0.208. The van der Waals surface area contributed by atoms with Gasteiger partial charge in [0, 0.05) is 42.2 Å². The first-order valence-electron chi connectivity index (χ1n) is 15.1. The summed E-state index contributed by atoms with van der Waals surface area (Å²) in [6.07, 6.45) is 6.88. The molecule has 1 fully saturated rings. The van der Waals surface area contributed by atoms with E-state index in [1.807, 2.05) is 30.3 Å². The molecule has 3 unspecified atom stereocenters. The topological polar surface area (TPSA) is 72.4 Å². The molecule has 1 aliphatic carbocycles. The number of amides is 1. The summed E-state index contributed by atoms with van der Waals surface area (Å²) in [5.41, 5.74) is 0.584. The minimum atomic E-state index is -2.07. The molecule has 1 saturated carbocycles. The molecule has 1 amide bonds. The predicted molar refractivity (Wildman–Crippen MR) is 163 cm³/mol. The van der Waals surface area contributed by atoms with Gasteiger partial charge in [0.15, 0.2) is 5.67 Å². The molecule has 1 aliphatic heterocycles. The van der Waals surface area contributed by atoms with Crippen molar-refractivity contribution in [1.29, 1.82) is 0 Å². The van der Waals surface area contributed by atoms with Gasteiger partial charge in [-0.05, 0) is 62.3 Å². The Bertz CT molecular complexity index is 1530. The summed E-state index contributed by atoms with van der Waals surface area (Å²) in [5.74, 6) is -1.40.